The first-order chi connectivity index (χ1) is 9.47. The van der Waals surface area contributed by atoms with Gasteiger partial charge in [0.15, 0.2) is 6.10 Å². The number of hydrogen-bond donors (Lipinski definition) is 1. The summed E-state index contributed by atoms with van der Waals surface area (Å²) in [6.07, 6.45) is 2.54. The lowest BCUT2D eigenvalue weighted by Crippen LogP contribution is -3.11. The second-order valence-electron chi connectivity index (χ2n) is 6.79. The van der Waals surface area contributed by atoms with Crippen molar-refractivity contribution in [3.8, 4) is 0 Å². The van der Waals surface area contributed by atoms with Crippen LogP contribution < -0.4 is 4.90 Å². The minimum absolute atomic E-state index is 0.0277. The molecule has 0 bridgehead atoms. The predicted molar refractivity (Wildman–Crippen MR) is 79.9 cm³/mol. The summed E-state index contributed by atoms with van der Waals surface area (Å²) in [7, 11) is 0. The van der Waals surface area contributed by atoms with E-state index in [-0.39, 0.29) is 17.5 Å². The first kappa shape index (κ1) is 15.0. The number of carbonyl (C=O) groups excluding carboxylic acids is 1. The normalized spacial score (nSPS) is 17.9. The molecule has 1 aliphatic heterocycles. The Bertz CT molecular complexity index is 430. The van der Waals surface area contributed by atoms with Gasteiger partial charge >= 0.3 is 5.97 Å². The fraction of sp³-hybridized carbons (Fsp3) is 0.588. The number of ether oxygens (including phenoxy) is 1. The summed E-state index contributed by atoms with van der Waals surface area (Å²) in [5, 5.41) is 0. The van der Waals surface area contributed by atoms with Crippen LogP contribution in [0.5, 0.6) is 0 Å². The van der Waals surface area contributed by atoms with Gasteiger partial charge in [-0.3, -0.25) is 0 Å². The van der Waals surface area contributed by atoms with Crippen LogP contribution in [-0.2, 0) is 4.74 Å². The molecule has 1 aliphatic rings. The average molecular weight is 276 g/mol. The first-order valence-corrected chi connectivity index (χ1v) is 7.56. The molecule has 0 unspecified atom stereocenters. The fourth-order valence-electron chi connectivity index (χ4n) is 2.64. The van der Waals surface area contributed by atoms with Gasteiger partial charge in [0.2, 0.25) is 0 Å². The molecule has 20 heavy (non-hydrogen) atoms. The summed E-state index contributed by atoms with van der Waals surface area (Å²) < 4.78 is 5.80. The Hall–Kier alpha value is -1.35. The molecular formula is C17H26NO2+. The minimum atomic E-state index is -0.205. The van der Waals surface area contributed by atoms with E-state index in [1.807, 2.05) is 30.3 Å². The van der Waals surface area contributed by atoms with Crippen molar-refractivity contribution in [2.24, 2.45) is 5.41 Å². The third-order valence-electron chi connectivity index (χ3n) is 4.01. The molecule has 0 saturated carbocycles. The quantitative estimate of drug-likeness (QED) is 0.852. The highest BCUT2D eigenvalue weighted by Gasteiger charge is 2.33. The van der Waals surface area contributed by atoms with E-state index in [2.05, 4.69) is 20.8 Å². The highest BCUT2D eigenvalue weighted by Crippen LogP contribution is 2.22. The summed E-state index contributed by atoms with van der Waals surface area (Å²) >= 11 is 0. The van der Waals surface area contributed by atoms with Gasteiger partial charge in [0.05, 0.1) is 18.7 Å². The Kier molecular flexibility index (Phi) is 4.81. The predicted octanol–water partition coefficient (Wildman–Crippen LogP) is 1.94. The third-order valence-corrected chi connectivity index (χ3v) is 4.01. The number of rotatable bonds is 4. The highest BCUT2D eigenvalue weighted by molar-refractivity contribution is 5.89. The molecule has 1 aromatic rings. The summed E-state index contributed by atoms with van der Waals surface area (Å²) in [5.41, 5.74) is 0.609. The number of carbonyl (C=O) groups is 1. The van der Waals surface area contributed by atoms with Gasteiger partial charge in [0.1, 0.15) is 6.54 Å². The zero-order chi connectivity index (χ0) is 14.6. The van der Waals surface area contributed by atoms with Crippen LogP contribution in [0.1, 0.15) is 44.0 Å². The number of hydrogen-bond acceptors (Lipinski definition) is 2. The van der Waals surface area contributed by atoms with E-state index in [1.165, 1.54) is 25.9 Å². The molecule has 3 nitrogen and oxygen atoms in total. The van der Waals surface area contributed by atoms with Crippen molar-refractivity contribution < 1.29 is 14.4 Å². The van der Waals surface area contributed by atoms with Crippen molar-refractivity contribution in [1.29, 1.82) is 0 Å². The van der Waals surface area contributed by atoms with Crippen LogP contribution in [0, 0.1) is 5.41 Å². The van der Waals surface area contributed by atoms with E-state index in [0.717, 1.165) is 6.54 Å². The van der Waals surface area contributed by atoms with Crippen molar-refractivity contribution in [2.75, 3.05) is 19.6 Å². The molecule has 0 radical (unpaired) electrons. The second-order valence-corrected chi connectivity index (χ2v) is 6.79. The molecule has 0 aliphatic carbocycles. The van der Waals surface area contributed by atoms with E-state index in [4.69, 9.17) is 4.74 Å². The van der Waals surface area contributed by atoms with Gasteiger partial charge in [-0.2, -0.15) is 0 Å². The van der Waals surface area contributed by atoms with Gasteiger partial charge in [-0.05, 0) is 12.1 Å². The molecule has 110 valence electrons. The lowest BCUT2D eigenvalue weighted by molar-refractivity contribution is -0.891. The van der Waals surface area contributed by atoms with Crippen LogP contribution in [0.25, 0.3) is 0 Å². The topological polar surface area (TPSA) is 30.7 Å². The molecule has 0 amide bonds. The molecule has 1 heterocycles. The number of nitrogens with one attached hydrogen (secondary N) is 1. The largest absolute Gasteiger partial charge is 0.452 e. The van der Waals surface area contributed by atoms with Crippen LogP contribution in [0.3, 0.4) is 0 Å². The minimum Gasteiger partial charge on any atom is -0.452 e. The number of esters is 1. The Morgan fingerprint density at radius 1 is 1.20 bits per heavy atom. The van der Waals surface area contributed by atoms with Crippen molar-refractivity contribution in [3.63, 3.8) is 0 Å². The molecule has 2 rings (SSSR count). The van der Waals surface area contributed by atoms with Crippen LogP contribution in [0.4, 0.5) is 0 Å². The second kappa shape index (κ2) is 6.40. The van der Waals surface area contributed by atoms with Crippen molar-refractivity contribution >= 4 is 5.97 Å². The zero-order valence-electron chi connectivity index (χ0n) is 12.8. The SMILES string of the molecule is CC(C)(C)[C@H](C[NH+]1CCCC1)OC(=O)c1ccccc1. The van der Waals surface area contributed by atoms with Crippen molar-refractivity contribution in [3.05, 3.63) is 35.9 Å². The molecule has 0 spiro atoms. The smallest absolute Gasteiger partial charge is 0.338 e. The lowest BCUT2D eigenvalue weighted by Gasteiger charge is -2.31. The maximum atomic E-state index is 12.2. The number of likely N-dealkylation sites (tertiary alicyclic amines) is 1. The lowest BCUT2D eigenvalue weighted by atomic mass is 9.88. The molecular weight excluding hydrogens is 250 g/mol. The Balaban J connectivity index is 2.02. The van der Waals surface area contributed by atoms with Gasteiger partial charge in [0.25, 0.3) is 0 Å². The molecule has 1 aromatic carbocycles. The fourth-order valence-corrected chi connectivity index (χ4v) is 2.64. The summed E-state index contributed by atoms with van der Waals surface area (Å²) in [4.78, 5) is 13.8. The van der Waals surface area contributed by atoms with Crippen molar-refractivity contribution in [1.82, 2.24) is 0 Å². The first-order valence-electron chi connectivity index (χ1n) is 7.56. The maximum absolute atomic E-state index is 12.2. The molecule has 1 fully saturated rings. The Morgan fingerprint density at radius 2 is 1.80 bits per heavy atom. The molecule has 1 saturated heterocycles. The van der Waals surface area contributed by atoms with E-state index < -0.39 is 0 Å². The van der Waals surface area contributed by atoms with Crippen LogP contribution in [0.2, 0.25) is 0 Å². The van der Waals surface area contributed by atoms with Crippen LogP contribution in [0.15, 0.2) is 30.3 Å². The molecule has 0 aromatic heterocycles. The Morgan fingerprint density at radius 3 is 2.35 bits per heavy atom. The van der Waals surface area contributed by atoms with Gasteiger partial charge < -0.3 is 9.64 Å². The molecule has 1 atom stereocenters. The van der Waals surface area contributed by atoms with Gasteiger partial charge in [-0.25, -0.2) is 4.79 Å². The highest BCUT2D eigenvalue weighted by atomic mass is 16.5. The number of benzene rings is 1. The zero-order valence-corrected chi connectivity index (χ0v) is 12.8. The molecule has 3 heteroatoms. The van der Waals surface area contributed by atoms with Crippen molar-refractivity contribution in [2.45, 2.75) is 39.7 Å². The summed E-state index contributed by atoms with van der Waals surface area (Å²) in [6, 6.07) is 9.27. The van der Waals surface area contributed by atoms with Gasteiger partial charge in [-0.15, -0.1) is 0 Å². The maximum Gasteiger partial charge on any atom is 0.338 e. The van der Waals surface area contributed by atoms with Crippen LogP contribution in [-0.4, -0.2) is 31.7 Å². The van der Waals surface area contributed by atoms with Gasteiger partial charge in [0, 0.05) is 18.3 Å². The van der Waals surface area contributed by atoms with E-state index >= 15 is 0 Å². The van der Waals surface area contributed by atoms with Crippen LogP contribution >= 0.6 is 0 Å². The Labute approximate surface area is 121 Å². The monoisotopic (exact) mass is 276 g/mol. The standard InChI is InChI=1S/C17H25NO2/c1-17(2,3)15(13-18-11-7-8-12-18)20-16(19)14-9-5-4-6-10-14/h4-6,9-10,15H,7-8,11-13H2,1-3H3/p+1/t15-/m0/s1. The number of quaternary nitrogens is 1. The summed E-state index contributed by atoms with van der Waals surface area (Å²) in [6.45, 7) is 9.76. The summed E-state index contributed by atoms with van der Waals surface area (Å²) in [5.74, 6) is -0.205. The average Bonchev–Trinajstić information content (AvgIpc) is 2.91. The third kappa shape index (κ3) is 4.07. The van der Waals surface area contributed by atoms with E-state index in [1.54, 1.807) is 4.90 Å². The van der Waals surface area contributed by atoms with E-state index in [9.17, 15) is 4.79 Å². The van der Waals surface area contributed by atoms with E-state index in [0.29, 0.717) is 5.56 Å². The van der Waals surface area contributed by atoms with Gasteiger partial charge in [-0.1, -0.05) is 39.0 Å². The molecule has 1 N–H and O–H groups in total.